The summed E-state index contributed by atoms with van der Waals surface area (Å²) in [4.78, 5) is 11.7. The largest absolute Gasteiger partial charge is 0.348 e. The van der Waals surface area contributed by atoms with Gasteiger partial charge in [-0.2, -0.15) is 5.10 Å². The smallest absolute Gasteiger partial charge is 0.269 e. The first-order chi connectivity index (χ1) is 7.15. The Labute approximate surface area is 98.0 Å². The predicted octanol–water partition coefficient (Wildman–Crippen LogP) is 1.95. The second-order valence-electron chi connectivity index (χ2n) is 3.77. The zero-order valence-corrected chi connectivity index (χ0v) is 10.5. The van der Waals surface area contributed by atoms with Crippen LogP contribution >= 0.6 is 15.9 Å². The quantitative estimate of drug-likeness (QED) is 0.806. The van der Waals surface area contributed by atoms with Crippen molar-refractivity contribution < 1.29 is 4.79 Å². The lowest BCUT2D eigenvalue weighted by Crippen LogP contribution is -2.39. The van der Waals surface area contributed by atoms with Gasteiger partial charge < -0.3 is 5.32 Å². The van der Waals surface area contributed by atoms with Crippen LogP contribution in [0.15, 0.2) is 12.3 Å². The third-order valence-electron chi connectivity index (χ3n) is 2.29. The summed E-state index contributed by atoms with van der Waals surface area (Å²) in [6.45, 7) is 4.20. The van der Waals surface area contributed by atoms with E-state index < -0.39 is 0 Å². The van der Waals surface area contributed by atoms with Gasteiger partial charge in [0.05, 0.1) is 0 Å². The van der Waals surface area contributed by atoms with E-state index in [1.807, 2.05) is 0 Å². The number of H-pyrrole nitrogens is 1. The Morgan fingerprint density at radius 2 is 2.40 bits per heavy atom. The highest BCUT2D eigenvalue weighted by Crippen LogP contribution is 2.08. The van der Waals surface area contributed by atoms with Crippen LogP contribution in [-0.2, 0) is 0 Å². The predicted molar refractivity (Wildman–Crippen MR) is 63.1 cm³/mol. The van der Waals surface area contributed by atoms with Gasteiger partial charge in [-0.1, -0.05) is 29.8 Å². The molecule has 0 aliphatic heterocycles. The van der Waals surface area contributed by atoms with Crippen molar-refractivity contribution >= 4 is 21.8 Å². The van der Waals surface area contributed by atoms with Gasteiger partial charge in [0.25, 0.3) is 5.91 Å². The molecule has 0 radical (unpaired) electrons. The fourth-order valence-electron chi connectivity index (χ4n) is 1.32. The first-order valence-electron chi connectivity index (χ1n) is 5.01. The van der Waals surface area contributed by atoms with E-state index in [0.29, 0.717) is 11.6 Å². The molecule has 0 aromatic carbocycles. The Bertz CT molecular complexity index is 298. The molecule has 0 saturated carbocycles. The molecule has 0 fully saturated rings. The topological polar surface area (TPSA) is 57.8 Å². The molecule has 0 saturated heterocycles. The molecule has 2 N–H and O–H groups in total. The third-order valence-corrected chi connectivity index (χ3v) is 2.74. The number of carbonyl (C=O) groups is 1. The highest BCUT2D eigenvalue weighted by molar-refractivity contribution is 9.09. The highest BCUT2D eigenvalue weighted by Gasteiger charge is 2.16. The zero-order valence-electron chi connectivity index (χ0n) is 8.96. The van der Waals surface area contributed by atoms with Gasteiger partial charge in [-0.15, -0.1) is 0 Å². The number of alkyl halides is 1. The number of hydrogen-bond acceptors (Lipinski definition) is 2. The van der Waals surface area contributed by atoms with Crippen molar-refractivity contribution in [1.29, 1.82) is 0 Å². The maximum absolute atomic E-state index is 11.7. The lowest BCUT2D eigenvalue weighted by atomic mass is 10.0. The molecule has 0 spiro atoms. The van der Waals surface area contributed by atoms with Gasteiger partial charge in [0, 0.05) is 17.6 Å². The van der Waals surface area contributed by atoms with E-state index in [1.165, 1.54) is 0 Å². The Hall–Kier alpha value is -0.840. The summed E-state index contributed by atoms with van der Waals surface area (Å²) in [7, 11) is 0. The molecule has 0 aliphatic carbocycles. The van der Waals surface area contributed by atoms with Gasteiger partial charge >= 0.3 is 0 Å². The summed E-state index contributed by atoms with van der Waals surface area (Å²) in [6, 6.07) is 1.86. The zero-order chi connectivity index (χ0) is 11.3. The average molecular weight is 274 g/mol. The Morgan fingerprint density at radius 1 is 1.67 bits per heavy atom. The molecule has 1 aromatic rings. The summed E-state index contributed by atoms with van der Waals surface area (Å²) >= 11 is 3.39. The molecule has 1 amide bonds. The van der Waals surface area contributed by atoms with E-state index in [0.717, 1.165) is 11.8 Å². The maximum atomic E-state index is 11.7. The van der Waals surface area contributed by atoms with Gasteiger partial charge in [-0.05, 0) is 18.4 Å². The van der Waals surface area contributed by atoms with Crippen LogP contribution in [0.4, 0.5) is 0 Å². The van der Waals surface area contributed by atoms with Crippen LogP contribution in [0.5, 0.6) is 0 Å². The molecule has 15 heavy (non-hydrogen) atoms. The third kappa shape index (κ3) is 3.66. The Morgan fingerprint density at radius 3 is 2.87 bits per heavy atom. The molecule has 4 nitrogen and oxygen atoms in total. The summed E-state index contributed by atoms with van der Waals surface area (Å²) in [5.41, 5.74) is 0.509. The van der Waals surface area contributed by atoms with Crippen molar-refractivity contribution in [2.24, 2.45) is 5.92 Å². The van der Waals surface area contributed by atoms with Crippen molar-refractivity contribution in [2.45, 2.75) is 26.3 Å². The van der Waals surface area contributed by atoms with Gasteiger partial charge in [-0.3, -0.25) is 9.89 Å². The van der Waals surface area contributed by atoms with E-state index in [2.05, 4.69) is 45.3 Å². The number of hydrogen-bond donors (Lipinski definition) is 2. The minimum absolute atomic E-state index is 0.0906. The lowest BCUT2D eigenvalue weighted by Gasteiger charge is -2.20. The molecular weight excluding hydrogens is 258 g/mol. The van der Waals surface area contributed by atoms with Crippen LogP contribution in [0.3, 0.4) is 0 Å². The normalized spacial score (nSPS) is 12.8. The molecule has 5 heteroatoms. The monoisotopic (exact) mass is 273 g/mol. The fraction of sp³-hybridized carbons (Fsp3) is 0.600. The standard InChI is InChI=1S/C10H16BrN3O/c1-7(2)8(3-5-11)13-10(15)9-4-6-12-14-9/h4,6-8H,3,5H2,1-2H3,(H,12,14)(H,13,15). The molecule has 0 bridgehead atoms. The molecule has 1 atom stereocenters. The lowest BCUT2D eigenvalue weighted by molar-refractivity contribution is 0.0920. The highest BCUT2D eigenvalue weighted by atomic mass is 79.9. The fourth-order valence-corrected chi connectivity index (χ4v) is 1.81. The van der Waals surface area contributed by atoms with E-state index in [4.69, 9.17) is 0 Å². The second kappa shape index (κ2) is 5.90. The summed E-state index contributed by atoms with van der Waals surface area (Å²) < 4.78 is 0. The van der Waals surface area contributed by atoms with Crippen molar-refractivity contribution in [2.75, 3.05) is 5.33 Å². The van der Waals surface area contributed by atoms with Crippen LogP contribution in [0.25, 0.3) is 0 Å². The summed E-state index contributed by atoms with van der Waals surface area (Å²) in [6.07, 6.45) is 2.50. The number of amides is 1. The van der Waals surface area contributed by atoms with Crippen LogP contribution in [-0.4, -0.2) is 27.5 Å². The number of aromatic amines is 1. The van der Waals surface area contributed by atoms with Gasteiger partial charge in [0.2, 0.25) is 0 Å². The van der Waals surface area contributed by atoms with E-state index in [1.54, 1.807) is 12.3 Å². The Kier molecular flexibility index (Phi) is 4.81. The average Bonchev–Trinajstić information content (AvgIpc) is 2.69. The van der Waals surface area contributed by atoms with Crippen LogP contribution in [0.2, 0.25) is 0 Å². The molecule has 1 unspecified atom stereocenters. The van der Waals surface area contributed by atoms with Crippen LogP contribution in [0, 0.1) is 5.92 Å². The summed E-state index contributed by atoms with van der Waals surface area (Å²) in [5, 5.41) is 10.3. The maximum Gasteiger partial charge on any atom is 0.269 e. The van der Waals surface area contributed by atoms with E-state index in [9.17, 15) is 4.79 Å². The number of nitrogens with zero attached hydrogens (tertiary/aromatic N) is 1. The first-order valence-corrected chi connectivity index (χ1v) is 6.13. The molecule has 1 aromatic heterocycles. The van der Waals surface area contributed by atoms with Crippen molar-refractivity contribution in [1.82, 2.24) is 15.5 Å². The SMILES string of the molecule is CC(C)C(CCBr)NC(=O)c1ccn[nH]1. The molecule has 1 rings (SSSR count). The number of rotatable bonds is 5. The van der Waals surface area contributed by atoms with E-state index >= 15 is 0 Å². The van der Waals surface area contributed by atoms with Gasteiger partial charge in [-0.25, -0.2) is 0 Å². The molecular formula is C10H16BrN3O. The van der Waals surface area contributed by atoms with Crippen LogP contribution in [0.1, 0.15) is 30.8 Å². The number of halogens is 1. The molecule has 0 aliphatic rings. The first kappa shape index (κ1) is 12.2. The van der Waals surface area contributed by atoms with Gasteiger partial charge in [0.1, 0.15) is 5.69 Å². The molecule has 1 heterocycles. The number of aromatic nitrogens is 2. The van der Waals surface area contributed by atoms with Gasteiger partial charge in [0.15, 0.2) is 0 Å². The number of nitrogens with one attached hydrogen (secondary N) is 2. The second-order valence-corrected chi connectivity index (χ2v) is 4.56. The number of carbonyl (C=O) groups excluding carboxylic acids is 1. The molecule has 84 valence electrons. The minimum atomic E-state index is -0.0906. The van der Waals surface area contributed by atoms with Crippen molar-refractivity contribution in [3.8, 4) is 0 Å². The van der Waals surface area contributed by atoms with Crippen molar-refractivity contribution in [3.63, 3.8) is 0 Å². The van der Waals surface area contributed by atoms with E-state index in [-0.39, 0.29) is 11.9 Å². The summed E-state index contributed by atoms with van der Waals surface area (Å²) in [5.74, 6) is 0.335. The van der Waals surface area contributed by atoms with Crippen LogP contribution < -0.4 is 5.32 Å². The van der Waals surface area contributed by atoms with Crippen molar-refractivity contribution in [3.05, 3.63) is 18.0 Å². The minimum Gasteiger partial charge on any atom is -0.348 e. The Balaban J connectivity index is 2.55.